The molecule has 1 aromatic rings. The largest absolute Gasteiger partial charge is 0.435 e. The molecule has 1 aromatic heterocycles. The molecule has 0 aromatic carbocycles. The number of nitrogens with one attached hydrogen (secondary N) is 1. The molecule has 0 aliphatic heterocycles. The number of aromatic nitrogens is 2. The maximum atomic E-state index is 12.3. The Hall–Kier alpha value is -1.86. The van der Waals surface area contributed by atoms with E-state index in [1.807, 2.05) is 6.92 Å². The summed E-state index contributed by atoms with van der Waals surface area (Å²) >= 11 is 0. The van der Waals surface area contributed by atoms with Gasteiger partial charge in [-0.1, -0.05) is 20.3 Å². The van der Waals surface area contributed by atoms with Gasteiger partial charge < -0.3 is 11.1 Å². The highest BCUT2D eigenvalue weighted by Gasteiger charge is 2.33. The molecule has 0 saturated carbocycles. The van der Waals surface area contributed by atoms with E-state index in [2.05, 4.69) is 15.5 Å². The summed E-state index contributed by atoms with van der Waals surface area (Å²) in [6, 6.07) is 1.22. The van der Waals surface area contributed by atoms with Gasteiger partial charge in [0.05, 0.1) is 0 Å². The summed E-state index contributed by atoms with van der Waals surface area (Å²) in [7, 11) is 0. The van der Waals surface area contributed by atoms with Gasteiger partial charge in [-0.2, -0.15) is 13.2 Å². The average Bonchev–Trinajstić information content (AvgIpc) is 2.34. The summed E-state index contributed by atoms with van der Waals surface area (Å²) in [5.74, 6) is -0.574. The lowest BCUT2D eigenvalue weighted by atomic mass is 9.99. The molecule has 19 heavy (non-hydrogen) atoms. The molecule has 5 nitrogen and oxygen atoms in total. The monoisotopic (exact) mass is 276 g/mol. The lowest BCUT2D eigenvalue weighted by molar-refractivity contribution is -0.141. The van der Waals surface area contributed by atoms with Gasteiger partial charge in [0.2, 0.25) is 5.91 Å². The van der Waals surface area contributed by atoms with E-state index in [0.29, 0.717) is 6.42 Å². The van der Waals surface area contributed by atoms with Gasteiger partial charge in [-0.3, -0.25) is 4.79 Å². The van der Waals surface area contributed by atoms with Crippen LogP contribution in [0, 0.1) is 5.92 Å². The van der Waals surface area contributed by atoms with E-state index in [-0.39, 0.29) is 11.7 Å². The van der Waals surface area contributed by atoms with Gasteiger partial charge in [0.15, 0.2) is 5.69 Å². The lowest BCUT2D eigenvalue weighted by Crippen LogP contribution is -2.40. The fraction of sp³-hybridized carbons (Fsp3) is 0.545. The quantitative estimate of drug-likeness (QED) is 0.859. The van der Waals surface area contributed by atoms with Crippen molar-refractivity contribution in [3.63, 3.8) is 0 Å². The molecule has 2 atom stereocenters. The fourth-order valence-corrected chi connectivity index (χ4v) is 1.45. The third-order valence-electron chi connectivity index (χ3n) is 2.78. The average molecular weight is 276 g/mol. The number of nitrogens with two attached hydrogens (primary N) is 1. The van der Waals surface area contributed by atoms with E-state index in [0.717, 1.165) is 12.1 Å². The van der Waals surface area contributed by atoms with Gasteiger partial charge in [0.1, 0.15) is 11.9 Å². The minimum absolute atomic E-state index is 0.0680. The molecule has 1 rings (SSSR count). The zero-order chi connectivity index (χ0) is 14.6. The second-order valence-corrected chi connectivity index (χ2v) is 4.21. The summed E-state index contributed by atoms with van der Waals surface area (Å²) in [5, 5.41) is 9.15. The van der Waals surface area contributed by atoms with Crippen molar-refractivity contribution in [1.29, 1.82) is 0 Å². The van der Waals surface area contributed by atoms with Crippen LogP contribution in [-0.4, -0.2) is 22.1 Å². The Bertz CT molecular complexity index is 433. The second-order valence-electron chi connectivity index (χ2n) is 4.21. The molecule has 3 N–H and O–H groups in total. The van der Waals surface area contributed by atoms with Crippen LogP contribution in [0.2, 0.25) is 0 Å². The number of alkyl halides is 3. The van der Waals surface area contributed by atoms with Crippen LogP contribution in [0.15, 0.2) is 12.1 Å². The molecule has 0 aliphatic rings. The van der Waals surface area contributed by atoms with Crippen molar-refractivity contribution < 1.29 is 18.0 Å². The molecular weight excluding hydrogens is 261 g/mol. The van der Waals surface area contributed by atoms with Crippen molar-refractivity contribution in [3.05, 3.63) is 17.8 Å². The Morgan fingerprint density at radius 2 is 2.05 bits per heavy atom. The number of anilines is 1. The van der Waals surface area contributed by atoms with E-state index in [1.165, 1.54) is 0 Å². The molecule has 0 radical (unpaired) electrons. The second kappa shape index (κ2) is 5.85. The third kappa shape index (κ3) is 4.08. The number of rotatable bonds is 5. The highest BCUT2D eigenvalue weighted by atomic mass is 19.4. The number of nitrogens with zero attached hydrogens (tertiary/aromatic N) is 2. The summed E-state index contributed by atoms with van der Waals surface area (Å²) in [4.78, 5) is 11.3. The number of carbonyl (C=O) groups is 1. The smallest absolute Gasteiger partial charge is 0.368 e. The van der Waals surface area contributed by atoms with Gasteiger partial charge in [-0.15, -0.1) is 10.2 Å². The topological polar surface area (TPSA) is 80.9 Å². The molecule has 1 heterocycles. The van der Waals surface area contributed by atoms with Crippen LogP contribution < -0.4 is 11.1 Å². The molecule has 0 aliphatic carbocycles. The van der Waals surface area contributed by atoms with Crippen LogP contribution in [0.5, 0.6) is 0 Å². The SMILES string of the molecule is CCC(C)C(Nc1ccc(C(F)(F)F)nn1)C(N)=O. The van der Waals surface area contributed by atoms with Crippen molar-refractivity contribution in [2.75, 3.05) is 5.32 Å². The van der Waals surface area contributed by atoms with Crippen LogP contribution in [0.4, 0.5) is 19.0 Å². The number of amides is 1. The molecule has 0 spiro atoms. The van der Waals surface area contributed by atoms with Gasteiger partial charge in [0.25, 0.3) is 0 Å². The van der Waals surface area contributed by atoms with E-state index in [4.69, 9.17) is 5.73 Å². The number of primary amides is 1. The molecule has 0 fully saturated rings. The van der Waals surface area contributed by atoms with Crippen LogP contribution in [0.3, 0.4) is 0 Å². The minimum atomic E-state index is -4.54. The standard InChI is InChI=1S/C11H15F3N4O/c1-3-6(2)9(10(15)19)16-8-5-4-7(17-18-8)11(12,13)14/h4-6,9H,3H2,1-2H3,(H2,15,19)(H,16,18). The van der Waals surface area contributed by atoms with E-state index < -0.39 is 23.8 Å². The van der Waals surface area contributed by atoms with Crippen LogP contribution >= 0.6 is 0 Å². The first-order chi connectivity index (χ1) is 8.75. The van der Waals surface area contributed by atoms with Gasteiger partial charge >= 0.3 is 6.18 Å². The van der Waals surface area contributed by atoms with Gasteiger partial charge in [0, 0.05) is 0 Å². The molecule has 0 saturated heterocycles. The number of hydrogen-bond acceptors (Lipinski definition) is 4. The van der Waals surface area contributed by atoms with E-state index >= 15 is 0 Å². The first kappa shape index (κ1) is 15.2. The molecular formula is C11H15F3N4O. The Labute approximate surface area is 108 Å². The van der Waals surface area contributed by atoms with Crippen molar-refractivity contribution in [1.82, 2.24) is 10.2 Å². The maximum Gasteiger partial charge on any atom is 0.435 e. The predicted molar refractivity (Wildman–Crippen MR) is 63.1 cm³/mol. The predicted octanol–water partition coefficient (Wildman–Crippen LogP) is 1.81. The van der Waals surface area contributed by atoms with Crippen molar-refractivity contribution in [3.8, 4) is 0 Å². The summed E-state index contributed by atoms with van der Waals surface area (Å²) in [5.41, 5.74) is 4.14. The molecule has 1 amide bonds. The Morgan fingerprint density at radius 3 is 2.42 bits per heavy atom. The van der Waals surface area contributed by atoms with Crippen LogP contribution in [-0.2, 0) is 11.0 Å². The van der Waals surface area contributed by atoms with Gasteiger partial charge in [-0.25, -0.2) is 0 Å². The lowest BCUT2D eigenvalue weighted by Gasteiger charge is -2.21. The normalized spacial score (nSPS) is 14.8. The Balaban J connectivity index is 2.84. The zero-order valence-electron chi connectivity index (χ0n) is 10.5. The zero-order valence-corrected chi connectivity index (χ0v) is 10.5. The first-order valence-corrected chi connectivity index (χ1v) is 5.72. The number of hydrogen-bond donors (Lipinski definition) is 2. The third-order valence-corrected chi connectivity index (χ3v) is 2.78. The molecule has 106 valence electrons. The molecule has 2 unspecified atom stereocenters. The minimum Gasteiger partial charge on any atom is -0.368 e. The Kier molecular flexibility index (Phi) is 4.68. The fourth-order valence-electron chi connectivity index (χ4n) is 1.45. The Morgan fingerprint density at radius 1 is 1.42 bits per heavy atom. The van der Waals surface area contributed by atoms with Crippen LogP contribution in [0.25, 0.3) is 0 Å². The number of carbonyl (C=O) groups excluding carboxylic acids is 1. The highest BCUT2D eigenvalue weighted by molar-refractivity contribution is 5.82. The van der Waals surface area contributed by atoms with Crippen LogP contribution in [0.1, 0.15) is 26.0 Å². The van der Waals surface area contributed by atoms with Gasteiger partial charge in [-0.05, 0) is 18.1 Å². The number of halogens is 3. The summed E-state index contributed by atoms with van der Waals surface area (Å²) < 4.78 is 36.9. The van der Waals surface area contributed by atoms with Crippen molar-refractivity contribution >= 4 is 11.7 Å². The summed E-state index contributed by atoms with van der Waals surface area (Å²) in [6.07, 6.45) is -3.85. The highest BCUT2D eigenvalue weighted by Crippen LogP contribution is 2.27. The first-order valence-electron chi connectivity index (χ1n) is 5.72. The summed E-state index contributed by atoms with van der Waals surface area (Å²) in [6.45, 7) is 3.68. The molecule has 8 heteroatoms. The molecule has 0 bridgehead atoms. The van der Waals surface area contributed by atoms with Crippen molar-refractivity contribution in [2.24, 2.45) is 11.7 Å². The van der Waals surface area contributed by atoms with E-state index in [9.17, 15) is 18.0 Å². The maximum absolute atomic E-state index is 12.3. The van der Waals surface area contributed by atoms with E-state index in [1.54, 1.807) is 6.92 Å². The van der Waals surface area contributed by atoms with Crippen molar-refractivity contribution in [2.45, 2.75) is 32.5 Å².